The van der Waals surface area contributed by atoms with Crippen molar-refractivity contribution in [1.82, 2.24) is 19.6 Å². The average molecular weight is 587 g/mol. The van der Waals surface area contributed by atoms with Crippen LogP contribution in [0.25, 0.3) is 16.8 Å². The Kier molecular flexibility index (Phi) is 8.75. The number of benzene rings is 1. The summed E-state index contributed by atoms with van der Waals surface area (Å²) in [7, 11) is 0. The lowest BCUT2D eigenvalue weighted by molar-refractivity contribution is -0.0199. The van der Waals surface area contributed by atoms with Crippen molar-refractivity contribution >= 4 is 5.52 Å². The molecule has 2 aliphatic rings. The topological polar surface area (TPSA) is 111 Å². The van der Waals surface area contributed by atoms with E-state index in [1.165, 1.54) is 12.1 Å². The van der Waals surface area contributed by atoms with Crippen LogP contribution in [0.3, 0.4) is 0 Å². The Hall–Kier alpha value is -3.78. The van der Waals surface area contributed by atoms with Gasteiger partial charge in [-0.25, -0.2) is 18.3 Å². The maximum absolute atomic E-state index is 15.4. The van der Waals surface area contributed by atoms with Gasteiger partial charge < -0.3 is 15.2 Å². The quantitative estimate of drug-likeness (QED) is 0.264. The highest BCUT2D eigenvalue weighted by Crippen LogP contribution is 2.39. The van der Waals surface area contributed by atoms with Crippen molar-refractivity contribution in [2.75, 3.05) is 19.8 Å². The molecular weight excluding hydrogens is 550 g/mol. The Morgan fingerprint density at radius 1 is 1.09 bits per heavy atom. The number of ether oxygens (including phenoxy) is 2. The lowest BCUT2D eigenvalue weighted by atomic mass is 9.73. The third kappa shape index (κ3) is 6.16. The van der Waals surface area contributed by atoms with E-state index in [0.717, 1.165) is 42.3 Å². The Labute approximate surface area is 249 Å². The van der Waals surface area contributed by atoms with E-state index in [4.69, 9.17) is 20.5 Å². The summed E-state index contributed by atoms with van der Waals surface area (Å²) in [6, 6.07) is 10.3. The maximum atomic E-state index is 15.4. The van der Waals surface area contributed by atoms with Gasteiger partial charge in [0.25, 0.3) is 0 Å². The van der Waals surface area contributed by atoms with Crippen molar-refractivity contribution in [3.63, 3.8) is 0 Å². The highest BCUT2D eigenvalue weighted by molar-refractivity contribution is 5.63. The molecule has 0 bridgehead atoms. The van der Waals surface area contributed by atoms with Crippen molar-refractivity contribution in [1.29, 1.82) is 5.26 Å². The number of pyridine rings is 1. The predicted octanol–water partition coefficient (Wildman–Crippen LogP) is 5.69. The van der Waals surface area contributed by atoms with Gasteiger partial charge in [-0.3, -0.25) is 4.98 Å². The predicted molar refractivity (Wildman–Crippen MR) is 157 cm³/mol. The highest BCUT2D eigenvalue weighted by Gasteiger charge is 2.35. The van der Waals surface area contributed by atoms with Gasteiger partial charge in [0.15, 0.2) is 0 Å². The van der Waals surface area contributed by atoms with E-state index in [9.17, 15) is 0 Å². The standard InChI is InChI=1S/C33H36F2N6O2/c1-20-13-23(16-29(37)33(20)43-10-2-8-36)26-5-9-38-18-24(26)17-31-39-19-25-3-4-30(40-41(25)31)32-27(34)14-22(15-28(32)35)21-6-11-42-12-7-21/h3-5,9,14-15,18-21,23,29,33H,2,6-7,10-13,16-17,37H2,1H3/t20-,23+,29+,33-/m0/s1. The van der Waals surface area contributed by atoms with Gasteiger partial charge in [0.05, 0.1) is 48.2 Å². The molecule has 1 saturated carbocycles. The van der Waals surface area contributed by atoms with Crippen LogP contribution in [0.1, 0.15) is 73.4 Å². The van der Waals surface area contributed by atoms with Crippen LogP contribution in [0.2, 0.25) is 0 Å². The Bertz CT molecular complexity index is 1590. The fourth-order valence-corrected chi connectivity index (χ4v) is 6.79. The summed E-state index contributed by atoms with van der Waals surface area (Å²) in [5.41, 5.74) is 10.2. The summed E-state index contributed by atoms with van der Waals surface area (Å²) in [5, 5.41) is 13.5. The molecule has 4 atom stereocenters. The van der Waals surface area contributed by atoms with E-state index in [1.54, 1.807) is 29.0 Å². The minimum Gasteiger partial charge on any atom is -0.381 e. The molecule has 224 valence electrons. The van der Waals surface area contributed by atoms with Crippen molar-refractivity contribution in [2.45, 2.75) is 69.4 Å². The number of hydrogen-bond acceptors (Lipinski definition) is 7. The molecule has 0 amide bonds. The molecule has 1 saturated heterocycles. The summed E-state index contributed by atoms with van der Waals surface area (Å²) in [6.45, 7) is 3.73. The van der Waals surface area contributed by atoms with E-state index < -0.39 is 11.6 Å². The molecule has 1 aliphatic heterocycles. The van der Waals surface area contributed by atoms with Gasteiger partial charge in [0.1, 0.15) is 17.5 Å². The third-order valence-electron chi connectivity index (χ3n) is 8.92. The zero-order valence-electron chi connectivity index (χ0n) is 24.3. The number of hydrogen-bond donors (Lipinski definition) is 1. The summed E-state index contributed by atoms with van der Waals surface area (Å²) in [5.74, 6) is -0.0700. The van der Waals surface area contributed by atoms with E-state index in [0.29, 0.717) is 44.1 Å². The molecule has 3 aromatic heterocycles. The van der Waals surface area contributed by atoms with E-state index in [1.807, 2.05) is 12.3 Å². The number of aromatic nitrogens is 4. The van der Waals surface area contributed by atoms with Gasteiger partial charge in [0.2, 0.25) is 0 Å². The fraction of sp³-hybridized carbons (Fsp3) is 0.455. The molecule has 2 fully saturated rings. The van der Waals surface area contributed by atoms with Gasteiger partial charge in [-0.2, -0.15) is 10.4 Å². The zero-order chi connectivity index (χ0) is 29.9. The number of imidazole rings is 1. The molecule has 43 heavy (non-hydrogen) atoms. The van der Waals surface area contributed by atoms with Gasteiger partial charge >= 0.3 is 0 Å². The summed E-state index contributed by atoms with van der Waals surface area (Å²) in [4.78, 5) is 9.01. The van der Waals surface area contributed by atoms with Gasteiger partial charge in [-0.1, -0.05) is 6.92 Å². The van der Waals surface area contributed by atoms with E-state index in [2.05, 4.69) is 28.1 Å². The highest BCUT2D eigenvalue weighted by atomic mass is 19.1. The van der Waals surface area contributed by atoms with Gasteiger partial charge in [-0.15, -0.1) is 0 Å². The van der Waals surface area contributed by atoms with Crippen molar-refractivity contribution in [3.8, 4) is 17.3 Å². The molecule has 0 radical (unpaired) electrons. The van der Waals surface area contributed by atoms with Gasteiger partial charge in [0, 0.05) is 38.1 Å². The minimum absolute atomic E-state index is 0.0831. The summed E-state index contributed by atoms with van der Waals surface area (Å²) >= 11 is 0. The first-order valence-corrected chi connectivity index (χ1v) is 15.0. The second-order valence-electron chi connectivity index (χ2n) is 11.8. The van der Waals surface area contributed by atoms with Gasteiger partial charge in [-0.05, 0) is 90.5 Å². The molecule has 8 nitrogen and oxygen atoms in total. The van der Waals surface area contributed by atoms with Crippen molar-refractivity contribution in [2.24, 2.45) is 11.7 Å². The zero-order valence-corrected chi connectivity index (χ0v) is 24.3. The smallest absolute Gasteiger partial charge is 0.135 e. The SMILES string of the molecule is C[C@H]1C[C@@H](c2ccncc2Cc2ncc3ccc(-c4c(F)cc(C5CCOCC5)cc4F)nn23)C[C@@H](N)[C@H]1OCCC#N. The molecule has 10 heteroatoms. The lowest BCUT2D eigenvalue weighted by Gasteiger charge is -2.39. The number of nitriles is 1. The normalized spacial score (nSPS) is 23.0. The maximum Gasteiger partial charge on any atom is 0.135 e. The second-order valence-corrected chi connectivity index (χ2v) is 11.8. The van der Waals surface area contributed by atoms with Crippen LogP contribution in [-0.4, -0.2) is 51.5 Å². The molecule has 6 rings (SSSR count). The molecule has 2 N–H and O–H groups in total. The molecule has 4 heterocycles. The first-order valence-electron chi connectivity index (χ1n) is 15.0. The third-order valence-corrected chi connectivity index (χ3v) is 8.92. The summed E-state index contributed by atoms with van der Waals surface area (Å²) in [6.07, 6.45) is 9.22. The van der Waals surface area contributed by atoms with Crippen LogP contribution < -0.4 is 5.73 Å². The molecule has 1 aliphatic carbocycles. The average Bonchev–Trinajstić information content (AvgIpc) is 3.40. The largest absolute Gasteiger partial charge is 0.381 e. The number of fused-ring (bicyclic) bond motifs is 1. The van der Waals surface area contributed by atoms with Crippen LogP contribution in [0.5, 0.6) is 0 Å². The summed E-state index contributed by atoms with van der Waals surface area (Å²) < 4.78 is 43.8. The van der Waals surface area contributed by atoms with Crippen molar-refractivity contribution < 1.29 is 18.3 Å². The van der Waals surface area contributed by atoms with Crippen LogP contribution >= 0.6 is 0 Å². The minimum atomic E-state index is -0.623. The van der Waals surface area contributed by atoms with Crippen LogP contribution in [0, 0.1) is 28.9 Å². The van der Waals surface area contributed by atoms with Crippen LogP contribution in [-0.2, 0) is 15.9 Å². The molecule has 4 aromatic rings. The van der Waals surface area contributed by atoms with E-state index >= 15 is 8.78 Å². The monoisotopic (exact) mass is 586 g/mol. The molecule has 0 spiro atoms. The van der Waals surface area contributed by atoms with E-state index in [-0.39, 0.29) is 41.2 Å². The first-order chi connectivity index (χ1) is 20.9. The Balaban J connectivity index is 1.26. The number of nitrogens with two attached hydrogens (primary N) is 1. The number of halogens is 2. The lowest BCUT2D eigenvalue weighted by Crippen LogP contribution is -2.46. The van der Waals surface area contributed by atoms with Crippen LogP contribution in [0.15, 0.2) is 48.9 Å². The number of nitrogens with zero attached hydrogens (tertiary/aromatic N) is 5. The first kappa shape index (κ1) is 29.3. The van der Waals surface area contributed by atoms with Crippen molar-refractivity contribution in [3.05, 3.63) is 83.1 Å². The van der Waals surface area contributed by atoms with Crippen LogP contribution in [0.4, 0.5) is 8.78 Å². The number of rotatable bonds is 8. The Morgan fingerprint density at radius 2 is 1.88 bits per heavy atom. The molecular formula is C33H36F2N6O2. The Morgan fingerprint density at radius 3 is 2.63 bits per heavy atom. The molecule has 1 aromatic carbocycles. The molecule has 0 unspecified atom stereocenters. The fourth-order valence-electron chi connectivity index (χ4n) is 6.79. The second kappa shape index (κ2) is 12.8.